The van der Waals surface area contributed by atoms with Gasteiger partial charge in [-0.05, 0) is 17.2 Å². The highest BCUT2D eigenvalue weighted by molar-refractivity contribution is 6.02. The van der Waals surface area contributed by atoms with Crippen molar-refractivity contribution in [2.45, 2.75) is 0 Å². The minimum absolute atomic E-state index is 0.0896. The summed E-state index contributed by atoms with van der Waals surface area (Å²) in [6.45, 7) is 4.35. The molecule has 1 heterocycles. The van der Waals surface area contributed by atoms with Crippen molar-refractivity contribution >= 4 is 11.5 Å². The highest BCUT2D eigenvalue weighted by Crippen LogP contribution is 2.26. The van der Waals surface area contributed by atoms with Crippen LogP contribution in [0.25, 0.3) is 5.57 Å². The van der Waals surface area contributed by atoms with Crippen LogP contribution in [0, 0.1) is 0 Å². The van der Waals surface area contributed by atoms with Crippen molar-refractivity contribution in [2.75, 3.05) is 13.6 Å². The maximum atomic E-state index is 11.8. The van der Waals surface area contributed by atoms with Gasteiger partial charge in [0.1, 0.15) is 0 Å². The van der Waals surface area contributed by atoms with Gasteiger partial charge in [0.2, 0.25) is 0 Å². The minimum Gasteiger partial charge on any atom is -0.337 e. The van der Waals surface area contributed by atoms with Gasteiger partial charge in [-0.3, -0.25) is 4.79 Å². The van der Waals surface area contributed by atoms with E-state index in [2.05, 4.69) is 6.58 Å². The van der Waals surface area contributed by atoms with Crippen LogP contribution in [-0.2, 0) is 0 Å². The van der Waals surface area contributed by atoms with Crippen LogP contribution in [0.4, 0.5) is 0 Å². The van der Waals surface area contributed by atoms with Gasteiger partial charge in [-0.15, -0.1) is 0 Å². The summed E-state index contributed by atoms with van der Waals surface area (Å²) in [6.07, 6.45) is 3.72. The second-order valence-corrected chi connectivity index (χ2v) is 3.63. The van der Waals surface area contributed by atoms with Crippen LogP contribution in [0.2, 0.25) is 0 Å². The van der Waals surface area contributed by atoms with Crippen molar-refractivity contribution in [3.05, 3.63) is 54.1 Å². The van der Waals surface area contributed by atoms with Crippen molar-refractivity contribution < 1.29 is 4.79 Å². The molecule has 0 atom stereocenters. The fourth-order valence-corrected chi connectivity index (χ4v) is 1.85. The summed E-state index contributed by atoms with van der Waals surface area (Å²) >= 11 is 0. The molecule has 0 saturated carbocycles. The molecule has 2 heteroatoms. The maximum absolute atomic E-state index is 11.8. The monoisotopic (exact) mass is 199 g/mol. The van der Waals surface area contributed by atoms with Crippen LogP contribution in [-0.4, -0.2) is 24.4 Å². The Morgan fingerprint density at radius 2 is 2.00 bits per heavy atom. The van der Waals surface area contributed by atoms with Gasteiger partial charge < -0.3 is 4.90 Å². The number of hydrogen-bond donors (Lipinski definition) is 0. The zero-order valence-corrected chi connectivity index (χ0v) is 8.73. The van der Waals surface area contributed by atoms with Gasteiger partial charge in [0.05, 0.1) is 0 Å². The zero-order valence-electron chi connectivity index (χ0n) is 8.73. The largest absolute Gasteiger partial charge is 0.337 e. The first-order valence-corrected chi connectivity index (χ1v) is 4.90. The highest BCUT2D eigenvalue weighted by Gasteiger charge is 2.23. The Labute approximate surface area is 89.5 Å². The fourth-order valence-electron chi connectivity index (χ4n) is 1.85. The SMILES string of the molecule is C=C/C=C1/CN(C)C(=O)c2ccccc21. The second kappa shape index (κ2) is 3.73. The normalized spacial score (nSPS) is 17.8. The zero-order chi connectivity index (χ0) is 10.8. The molecule has 1 aliphatic rings. The van der Waals surface area contributed by atoms with Crippen molar-refractivity contribution in [1.29, 1.82) is 0 Å². The Morgan fingerprint density at radius 3 is 2.67 bits per heavy atom. The van der Waals surface area contributed by atoms with E-state index in [4.69, 9.17) is 0 Å². The first-order valence-electron chi connectivity index (χ1n) is 4.90. The number of hydrogen-bond acceptors (Lipinski definition) is 1. The van der Waals surface area contributed by atoms with E-state index < -0.39 is 0 Å². The molecule has 0 N–H and O–H groups in total. The standard InChI is InChI=1S/C13H13NO/c1-3-6-10-9-14(2)13(15)12-8-5-4-7-11(10)12/h3-8H,1,9H2,2H3/b10-6-. The summed E-state index contributed by atoms with van der Waals surface area (Å²) in [6, 6.07) is 7.69. The lowest BCUT2D eigenvalue weighted by Crippen LogP contribution is -2.33. The molecule has 1 aromatic rings. The smallest absolute Gasteiger partial charge is 0.254 e. The average molecular weight is 199 g/mol. The number of likely N-dealkylation sites (N-methyl/N-ethyl adjacent to an activating group) is 1. The second-order valence-electron chi connectivity index (χ2n) is 3.63. The lowest BCUT2D eigenvalue weighted by Gasteiger charge is -2.26. The van der Waals surface area contributed by atoms with Gasteiger partial charge in [-0.25, -0.2) is 0 Å². The van der Waals surface area contributed by atoms with Crippen LogP contribution < -0.4 is 0 Å². The van der Waals surface area contributed by atoms with Gasteiger partial charge in [-0.2, -0.15) is 0 Å². The van der Waals surface area contributed by atoms with Crippen molar-refractivity contribution in [1.82, 2.24) is 4.90 Å². The van der Waals surface area contributed by atoms with E-state index in [-0.39, 0.29) is 5.91 Å². The molecule has 1 aromatic carbocycles. The molecule has 0 unspecified atom stereocenters. The molecule has 1 amide bonds. The van der Waals surface area contributed by atoms with Gasteiger partial charge in [0.25, 0.3) is 5.91 Å². The quantitative estimate of drug-likeness (QED) is 0.679. The van der Waals surface area contributed by atoms with Crippen molar-refractivity contribution in [3.8, 4) is 0 Å². The molecule has 0 aliphatic carbocycles. The number of amides is 1. The van der Waals surface area contributed by atoms with Gasteiger partial charge in [-0.1, -0.05) is 36.9 Å². The summed E-state index contributed by atoms with van der Waals surface area (Å²) < 4.78 is 0. The van der Waals surface area contributed by atoms with Gasteiger partial charge >= 0.3 is 0 Å². The highest BCUT2D eigenvalue weighted by atomic mass is 16.2. The van der Waals surface area contributed by atoms with E-state index in [1.54, 1.807) is 11.0 Å². The molecule has 0 radical (unpaired) electrons. The summed E-state index contributed by atoms with van der Waals surface area (Å²) in [5, 5.41) is 0. The fraction of sp³-hybridized carbons (Fsp3) is 0.154. The van der Waals surface area contributed by atoms with E-state index in [1.165, 1.54) is 0 Å². The van der Waals surface area contributed by atoms with E-state index in [0.717, 1.165) is 16.7 Å². The Kier molecular flexibility index (Phi) is 2.42. The van der Waals surface area contributed by atoms with Crippen molar-refractivity contribution in [3.63, 3.8) is 0 Å². The first kappa shape index (κ1) is 9.71. The van der Waals surface area contributed by atoms with Gasteiger partial charge in [0, 0.05) is 19.2 Å². The molecular weight excluding hydrogens is 186 g/mol. The Morgan fingerprint density at radius 1 is 1.33 bits per heavy atom. The summed E-state index contributed by atoms with van der Waals surface area (Å²) in [5.74, 6) is 0.0896. The molecule has 0 spiro atoms. The number of rotatable bonds is 1. The van der Waals surface area contributed by atoms with E-state index in [1.807, 2.05) is 37.4 Å². The predicted octanol–water partition coefficient (Wildman–Crippen LogP) is 2.34. The minimum atomic E-state index is 0.0896. The maximum Gasteiger partial charge on any atom is 0.254 e. The average Bonchev–Trinajstić information content (AvgIpc) is 2.26. The molecule has 0 saturated heterocycles. The molecule has 2 rings (SSSR count). The number of carbonyl (C=O) groups excluding carboxylic acids is 1. The summed E-state index contributed by atoms with van der Waals surface area (Å²) in [5.41, 5.74) is 2.95. The topological polar surface area (TPSA) is 20.3 Å². The van der Waals surface area contributed by atoms with Crippen LogP contribution in [0.5, 0.6) is 0 Å². The Hall–Kier alpha value is -1.83. The molecule has 1 aliphatic heterocycles. The van der Waals surface area contributed by atoms with E-state index in [9.17, 15) is 4.79 Å². The number of fused-ring (bicyclic) bond motifs is 1. The first-order chi connectivity index (χ1) is 7.24. The molecule has 0 aromatic heterocycles. The molecule has 76 valence electrons. The Balaban J connectivity index is 2.59. The molecule has 15 heavy (non-hydrogen) atoms. The number of nitrogens with zero attached hydrogens (tertiary/aromatic N) is 1. The van der Waals surface area contributed by atoms with Crippen LogP contribution in [0.1, 0.15) is 15.9 Å². The van der Waals surface area contributed by atoms with E-state index in [0.29, 0.717) is 6.54 Å². The number of carbonyl (C=O) groups is 1. The molecular formula is C13H13NO. The number of benzene rings is 1. The lowest BCUT2D eigenvalue weighted by atomic mass is 9.94. The summed E-state index contributed by atoms with van der Waals surface area (Å²) in [4.78, 5) is 13.6. The van der Waals surface area contributed by atoms with Crippen LogP contribution in [0.15, 0.2) is 43.0 Å². The van der Waals surface area contributed by atoms with Crippen LogP contribution in [0.3, 0.4) is 0 Å². The Bertz CT molecular complexity index is 446. The molecule has 0 bridgehead atoms. The van der Waals surface area contributed by atoms with Crippen LogP contribution >= 0.6 is 0 Å². The van der Waals surface area contributed by atoms with Crippen molar-refractivity contribution in [2.24, 2.45) is 0 Å². The number of allylic oxidation sites excluding steroid dienone is 2. The third-order valence-corrected chi connectivity index (χ3v) is 2.58. The molecule has 0 fully saturated rings. The third-order valence-electron chi connectivity index (χ3n) is 2.58. The predicted molar refractivity (Wildman–Crippen MR) is 61.6 cm³/mol. The summed E-state index contributed by atoms with van der Waals surface area (Å²) in [7, 11) is 1.81. The van der Waals surface area contributed by atoms with Gasteiger partial charge in [0.15, 0.2) is 0 Å². The lowest BCUT2D eigenvalue weighted by molar-refractivity contribution is 0.0805. The molecule has 2 nitrogen and oxygen atoms in total. The van der Waals surface area contributed by atoms with E-state index >= 15 is 0 Å². The third kappa shape index (κ3) is 1.59.